The van der Waals surface area contributed by atoms with Crippen LogP contribution in [0.25, 0.3) is 0 Å². The molecule has 0 aliphatic heterocycles. The lowest BCUT2D eigenvalue weighted by atomic mass is 10.0. The maximum absolute atomic E-state index is 12.4. The first kappa shape index (κ1) is 21.2. The van der Waals surface area contributed by atoms with Gasteiger partial charge in [-0.05, 0) is 31.5 Å². The zero-order valence-corrected chi connectivity index (χ0v) is 15.7. The van der Waals surface area contributed by atoms with Crippen molar-refractivity contribution in [2.24, 2.45) is 0 Å². The van der Waals surface area contributed by atoms with Crippen LogP contribution in [-0.2, 0) is 0 Å². The van der Waals surface area contributed by atoms with Gasteiger partial charge in [-0.15, -0.1) is 0 Å². The summed E-state index contributed by atoms with van der Waals surface area (Å²) in [7, 11) is 1.58. The highest BCUT2D eigenvalue weighted by Crippen LogP contribution is 2.21. The molecule has 0 saturated carbocycles. The molecule has 2 aromatic carbocycles. The average molecular weight is 364 g/mol. The Kier molecular flexibility index (Phi) is 8.62. The molecule has 0 spiro atoms. The van der Waals surface area contributed by atoms with Gasteiger partial charge in [0.2, 0.25) is 0 Å². The summed E-state index contributed by atoms with van der Waals surface area (Å²) in [5.74, 6) is 0.677. The van der Waals surface area contributed by atoms with Crippen LogP contribution in [0.2, 0.25) is 0 Å². The minimum atomic E-state index is -0.546. The third kappa shape index (κ3) is 5.85. The number of ketones is 1. The molecule has 0 aliphatic rings. The Balaban J connectivity index is 0.00000312. The fourth-order valence-electron chi connectivity index (χ4n) is 2.73. The number of methoxy groups -OCH3 is 1. The molecule has 0 radical (unpaired) electrons. The summed E-state index contributed by atoms with van der Waals surface area (Å²) in [6.45, 7) is 4.55. The average Bonchev–Trinajstić information content (AvgIpc) is 2.61. The zero-order chi connectivity index (χ0) is 17.5. The van der Waals surface area contributed by atoms with E-state index in [9.17, 15) is 9.90 Å². The summed E-state index contributed by atoms with van der Waals surface area (Å²) in [4.78, 5) is 12.4. The van der Waals surface area contributed by atoms with E-state index in [4.69, 9.17) is 4.74 Å². The van der Waals surface area contributed by atoms with E-state index < -0.39 is 6.10 Å². The minimum Gasteiger partial charge on any atom is -1.00 e. The molecule has 2 rings (SSSR count). The molecule has 2 unspecified atom stereocenters. The molecule has 5 heteroatoms. The number of aliphatic hydroxyl groups excluding tert-OH is 1. The number of carbonyl (C=O) groups excluding carboxylic acids is 1. The van der Waals surface area contributed by atoms with Gasteiger partial charge in [0.05, 0.1) is 25.6 Å². The summed E-state index contributed by atoms with van der Waals surface area (Å²) < 4.78 is 5.27. The molecule has 0 heterocycles. The fourth-order valence-corrected chi connectivity index (χ4v) is 2.73. The molecule has 25 heavy (non-hydrogen) atoms. The number of Topliss-reactive ketones (excluding diaryl/α,β-unsaturated/α-hetero) is 1. The Bertz CT molecular complexity index is 676. The standard InChI is InChI=1S/C20H25NO3.ClH/c1-14-9-10-19(24-3)17(13-14)18(22)11-12-21-15(2)20(23)16-7-5-4-6-8-16;/h4-10,13,15,20-21,23H,11-12H2,1-3H3;1H. The van der Waals surface area contributed by atoms with Crippen molar-refractivity contribution in [3.8, 4) is 5.75 Å². The monoisotopic (exact) mass is 363 g/mol. The van der Waals surface area contributed by atoms with Crippen molar-refractivity contribution in [2.45, 2.75) is 32.4 Å². The summed E-state index contributed by atoms with van der Waals surface area (Å²) in [6, 6.07) is 15.2. The van der Waals surface area contributed by atoms with Crippen LogP contribution in [0.1, 0.15) is 40.9 Å². The van der Waals surface area contributed by atoms with E-state index in [2.05, 4.69) is 0 Å². The normalized spacial score (nSPS) is 12.8. The number of halogens is 1. The summed E-state index contributed by atoms with van der Waals surface area (Å²) >= 11 is 0. The Morgan fingerprint density at radius 2 is 1.88 bits per heavy atom. The maximum Gasteiger partial charge on any atom is 0.172 e. The van der Waals surface area contributed by atoms with Crippen LogP contribution in [0.15, 0.2) is 48.5 Å². The van der Waals surface area contributed by atoms with Crippen molar-refractivity contribution in [1.82, 2.24) is 0 Å². The van der Waals surface area contributed by atoms with E-state index in [0.29, 0.717) is 24.3 Å². The second-order valence-corrected chi connectivity index (χ2v) is 6.12. The van der Waals surface area contributed by atoms with Gasteiger partial charge in [0, 0.05) is 0 Å². The van der Waals surface area contributed by atoms with E-state index in [1.807, 2.05) is 67.7 Å². The number of aryl methyl sites for hydroxylation is 1. The van der Waals surface area contributed by atoms with Crippen molar-refractivity contribution in [2.75, 3.05) is 13.7 Å². The molecule has 2 atom stereocenters. The quantitative estimate of drug-likeness (QED) is 0.608. The number of nitrogens with two attached hydrogens (primary N) is 1. The van der Waals surface area contributed by atoms with Crippen LogP contribution in [0.5, 0.6) is 5.75 Å². The maximum atomic E-state index is 12.4. The second-order valence-electron chi connectivity index (χ2n) is 6.12. The van der Waals surface area contributed by atoms with Gasteiger partial charge in [0.15, 0.2) is 5.78 Å². The van der Waals surface area contributed by atoms with Crippen LogP contribution < -0.4 is 22.5 Å². The largest absolute Gasteiger partial charge is 1.00 e. The van der Waals surface area contributed by atoms with Gasteiger partial charge in [-0.25, -0.2) is 0 Å². The van der Waals surface area contributed by atoms with E-state index in [1.54, 1.807) is 7.11 Å². The van der Waals surface area contributed by atoms with Crippen LogP contribution in [0.3, 0.4) is 0 Å². The highest BCUT2D eigenvalue weighted by molar-refractivity contribution is 5.98. The number of aliphatic hydroxyl groups is 1. The predicted molar refractivity (Wildman–Crippen MR) is 94.3 cm³/mol. The zero-order valence-electron chi connectivity index (χ0n) is 14.9. The lowest BCUT2D eigenvalue weighted by Gasteiger charge is -2.17. The second kappa shape index (κ2) is 10.2. The molecule has 0 fully saturated rings. The molecule has 0 amide bonds. The molecular weight excluding hydrogens is 338 g/mol. The number of carbonyl (C=O) groups is 1. The summed E-state index contributed by atoms with van der Waals surface area (Å²) in [6.07, 6.45) is -0.138. The Morgan fingerprint density at radius 3 is 2.52 bits per heavy atom. The van der Waals surface area contributed by atoms with E-state index in [1.165, 1.54) is 0 Å². The van der Waals surface area contributed by atoms with Crippen LogP contribution in [-0.4, -0.2) is 30.6 Å². The fraction of sp³-hybridized carbons (Fsp3) is 0.350. The molecule has 0 saturated heterocycles. The van der Waals surface area contributed by atoms with Gasteiger partial charge < -0.3 is 27.6 Å². The van der Waals surface area contributed by atoms with Crippen LogP contribution in [0, 0.1) is 6.92 Å². The van der Waals surface area contributed by atoms with Gasteiger partial charge in [-0.3, -0.25) is 4.79 Å². The highest BCUT2D eigenvalue weighted by Gasteiger charge is 2.20. The van der Waals surface area contributed by atoms with Gasteiger partial charge in [0.25, 0.3) is 0 Å². The smallest absolute Gasteiger partial charge is 0.172 e. The molecule has 0 aromatic heterocycles. The number of ether oxygens (including phenoxy) is 1. The van der Waals surface area contributed by atoms with Crippen molar-refractivity contribution in [1.29, 1.82) is 0 Å². The lowest BCUT2D eigenvalue weighted by molar-refractivity contribution is -0.693. The topological polar surface area (TPSA) is 63.1 Å². The predicted octanol–water partition coefficient (Wildman–Crippen LogP) is -0.734. The molecule has 4 nitrogen and oxygen atoms in total. The number of hydrogen-bond acceptors (Lipinski definition) is 3. The Labute approximate surface area is 155 Å². The molecular formula is C20H26ClNO3. The summed E-state index contributed by atoms with van der Waals surface area (Å²) in [5, 5.41) is 12.4. The molecule has 2 aromatic rings. The molecule has 0 aliphatic carbocycles. The van der Waals surface area contributed by atoms with Crippen molar-refractivity contribution < 1.29 is 32.4 Å². The first-order valence-electron chi connectivity index (χ1n) is 8.27. The van der Waals surface area contributed by atoms with Gasteiger partial charge in [-0.1, -0.05) is 42.0 Å². The molecule has 136 valence electrons. The van der Waals surface area contributed by atoms with Crippen LogP contribution >= 0.6 is 0 Å². The van der Waals surface area contributed by atoms with Gasteiger partial charge in [-0.2, -0.15) is 0 Å². The van der Waals surface area contributed by atoms with Gasteiger partial charge in [0.1, 0.15) is 17.9 Å². The molecule has 0 bridgehead atoms. The van der Waals surface area contributed by atoms with E-state index >= 15 is 0 Å². The minimum absolute atomic E-state index is 0. The Hall–Kier alpha value is -1.88. The van der Waals surface area contributed by atoms with Crippen molar-refractivity contribution in [3.05, 3.63) is 65.2 Å². The van der Waals surface area contributed by atoms with Crippen molar-refractivity contribution in [3.63, 3.8) is 0 Å². The first-order chi connectivity index (χ1) is 11.5. The van der Waals surface area contributed by atoms with E-state index in [-0.39, 0.29) is 24.2 Å². The number of rotatable bonds is 8. The van der Waals surface area contributed by atoms with E-state index in [0.717, 1.165) is 11.1 Å². The third-order valence-corrected chi connectivity index (χ3v) is 4.20. The number of quaternary nitrogens is 1. The van der Waals surface area contributed by atoms with Crippen LogP contribution in [0.4, 0.5) is 0 Å². The SMILES string of the molecule is COc1ccc(C)cc1C(=O)CC[NH2+]C(C)C(O)c1ccccc1.[Cl-]. The Morgan fingerprint density at radius 1 is 1.20 bits per heavy atom. The highest BCUT2D eigenvalue weighted by atomic mass is 35.5. The summed E-state index contributed by atoms with van der Waals surface area (Å²) in [5.41, 5.74) is 2.56. The number of benzene rings is 2. The lowest BCUT2D eigenvalue weighted by Crippen LogP contribution is -3.00. The van der Waals surface area contributed by atoms with Crippen molar-refractivity contribution >= 4 is 5.78 Å². The van der Waals surface area contributed by atoms with Gasteiger partial charge >= 0.3 is 0 Å². The number of hydrogen-bond donors (Lipinski definition) is 2. The first-order valence-corrected chi connectivity index (χ1v) is 8.27. The third-order valence-electron chi connectivity index (χ3n) is 4.20. The molecule has 3 N–H and O–H groups in total.